The van der Waals surface area contributed by atoms with Gasteiger partial charge in [0.05, 0.1) is 11.7 Å². The van der Waals surface area contributed by atoms with Gasteiger partial charge in [0.2, 0.25) is 0 Å². The number of fused-ring (bicyclic) bond motifs is 1. The van der Waals surface area contributed by atoms with Gasteiger partial charge < -0.3 is 5.32 Å². The second-order valence-electron chi connectivity index (χ2n) is 4.23. The van der Waals surface area contributed by atoms with Gasteiger partial charge in [-0.05, 0) is 18.6 Å². The largest absolute Gasteiger partial charge is 0.373 e. The van der Waals surface area contributed by atoms with E-state index in [0.29, 0.717) is 5.82 Å². The Balaban J connectivity index is 2.68. The van der Waals surface area contributed by atoms with Crippen molar-refractivity contribution in [3.63, 3.8) is 0 Å². The Hall–Kier alpha value is -2.17. The molecule has 0 aliphatic heterocycles. The van der Waals surface area contributed by atoms with E-state index in [9.17, 15) is 0 Å². The van der Waals surface area contributed by atoms with Crippen LogP contribution in [0, 0.1) is 0 Å². The summed E-state index contributed by atoms with van der Waals surface area (Å²) in [5, 5.41) is 4.06. The molecule has 1 N–H and O–H groups in total. The van der Waals surface area contributed by atoms with Crippen LogP contribution < -0.4 is 5.32 Å². The molecule has 95 valence electrons. The van der Waals surface area contributed by atoms with Crippen molar-refractivity contribution in [1.82, 2.24) is 15.0 Å². The summed E-state index contributed by atoms with van der Waals surface area (Å²) >= 11 is 0. The molecule has 2 rings (SSSR count). The van der Waals surface area contributed by atoms with Gasteiger partial charge >= 0.3 is 0 Å². The van der Waals surface area contributed by atoms with E-state index >= 15 is 0 Å². The summed E-state index contributed by atoms with van der Waals surface area (Å²) in [5.74, 6) is 3.43. The number of hydrogen-bond acceptors (Lipinski definition) is 4. The van der Waals surface area contributed by atoms with Gasteiger partial charge in [0, 0.05) is 24.2 Å². The molecule has 0 aliphatic rings. The molecule has 0 spiro atoms. The molecule has 0 unspecified atom stereocenters. The molecule has 0 aliphatic carbocycles. The van der Waals surface area contributed by atoms with E-state index in [1.165, 1.54) is 0 Å². The zero-order chi connectivity index (χ0) is 13.8. The monoisotopic (exact) mass is 251 g/mol. The summed E-state index contributed by atoms with van der Waals surface area (Å²) in [6.45, 7) is 7.89. The van der Waals surface area contributed by atoms with E-state index in [2.05, 4.69) is 26.8 Å². The van der Waals surface area contributed by atoms with Crippen LogP contribution in [0.3, 0.4) is 0 Å². The lowest BCUT2D eigenvalue weighted by Crippen LogP contribution is -2.02. The molecular formula is C14H16BN4. The van der Waals surface area contributed by atoms with Crippen LogP contribution in [-0.2, 0) is 0 Å². The maximum absolute atomic E-state index is 4.56. The summed E-state index contributed by atoms with van der Waals surface area (Å²) in [5.41, 5.74) is 2.69. The first-order chi connectivity index (χ1) is 9.17. The van der Waals surface area contributed by atoms with E-state index in [1.807, 2.05) is 40.1 Å². The van der Waals surface area contributed by atoms with Gasteiger partial charge in [-0.15, -0.1) is 5.98 Å². The molecule has 4 nitrogen and oxygen atoms in total. The first-order valence-corrected chi connectivity index (χ1v) is 6.12. The lowest BCUT2D eigenvalue weighted by Gasteiger charge is -2.10. The van der Waals surface area contributed by atoms with Gasteiger partial charge in [0.1, 0.15) is 13.1 Å². The van der Waals surface area contributed by atoms with Crippen LogP contribution in [0.25, 0.3) is 16.5 Å². The van der Waals surface area contributed by atoms with E-state index in [4.69, 9.17) is 0 Å². The second-order valence-corrected chi connectivity index (χ2v) is 4.23. The highest BCUT2D eigenvalue weighted by Gasteiger charge is 2.10. The van der Waals surface area contributed by atoms with Gasteiger partial charge in [-0.3, -0.25) is 4.98 Å². The third kappa shape index (κ3) is 2.65. The normalized spacial score (nSPS) is 11.4. The van der Waals surface area contributed by atoms with Crippen molar-refractivity contribution in [3.05, 3.63) is 42.4 Å². The third-order valence-electron chi connectivity index (χ3n) is 2.77. The fourth-order valence-corrected chi connectivity index (χ4v) is 1.87. The number of anilines is 1. The summed E-state index contributed by atoms with van der Waals surface area (Å²) < 4.78 is 0. The zero-order valence-electron chi connectivity index (χ0n) is 11.4. The van der Waals surface area contributed by atoms with Crippen molar-refractivity contribution in [2.24, 2.45) is 0 Å². The SMILES string of the molecule is C=C(C)/C(=C\[B]C)c1nc(NC)c2ccncc2n1. The maximum atomic E-state index is 4.56. The van der Waals surface area contributed by atoms with Crippen molar-refractivity contribution in [2.75, 3.05) is 12.4 Å². The van der Waals surface area contributed by atoms with Crippen LogP contribution in [0.4, 0.5) is 5.82 Å². The Morgan fingerprint density at radius 2 is 2.21 bits per heavy atom. The molecule has 2 heterocycles. The zero-order valence-corrected chi connectivity index (χ0v) is 11.4. The van der Waals surface area contributed by atoms with Crippen molar-refractivity contribution >= 4 is 29.6 Å². The van der Waals surface area contributed by atoms with Crippen LogP contribution in [0.2, 0.25) is 6.82 Å². The molecule has 2 aromatic rings. The average Bonchev–Trinajstić information content (AvgIpc) is 2.43. The lowest BCUT2D eigenvalue weighted by molar-refractivity contribution is 1.14. The molecule has 0 saturated heterocycles. The highest BCUT2D eigenvalue weighted by molar-refractivity contribution is 6.42. The Morgan fingerprint density at radius 1 is 1.42 bits per heavy atom. The van der Waals surface area contributed by atoms with Crippen LogP contribution in [-0.4, -0.2) is 29.3 Å². The molecule has 0 fully saturated rings. The maximum Gasteiger partial charge on any atom is 0.161 e. The van der Waals surface area contributed by atoms with Gasteiger partial charge in [-0.2, -0.15) is 0 Å². The number of rotatable bonds is 4. The number of nitrogens with one attached hydrogen (secondary N) is 1. The topological polar surface area (TPSA) is 50.7 Å². The van der Waals surface area contributed by atoms with Crippen LogP contribution >= 0.6 is 0 Å². The Bertz CT molecular complexity index is 649. The smallest absolute Gasteiger partial charge is 0.161 e. The number of allylic oxidation sites excluding steroid dienone is 2. The molecule has 19 heavy (non-hydrogen) atoms. The molecule has 0 saturated carbocycles. The minimum atomic E-state index is 0.662. The summed E-state index contributed by atoms with van der Waals surface area (Å²) in [6, 6.07) is 1.90. The number of aromatic nitrogens is 3. The van der Waals surface area contributed by atoms with Crippen molar-refractivity contribution in [3.8, 4) is 0 Å². The number of pyridine rings is 1. The highest BCUT2D eigenvalue weighted by Crippen LogP contribution is 2.24. The Morgan fingerprint density at radius 3 is 2.84 bits per heavy atom. The first-order valence-electron chi connectivity index (χ1n) is 6.12. The lowest BCUT2D eigenvalue weighted by atomic mass is 9.79. The van der Waals surface area contributed by atoms with Crippen LogP contribution in [0.5, 0.6) is 0 Å². The van der Waals surface area contributed by atoms with Gasteiger partial charge in [0.15, 0.2) is 5.82 Å². The van der Waals surface area contributed by atoms with Crippen molar-refractivity contribution < 1.29 is 0 Å². The molecular weight excluding hydrogens is 235 g/mol. The third-order valence-corrected chi connectivity index (χ3v) is 2.77. The molecule has 0 bridgehead atoms. The van der Waals surface area contributed by atoms with E-state index in [-0.39, 0.29) is 0 Å². The van der Waals surface area contributed by atoms with E-state index < -0.39 is 0 Å². The minimum absolute atomic E-state index is 0.662. The predicted molar refractivity (Wildman–Crippen MR) is 81.3 cm³/mol. The molecule has 1 radical (unpaired) electrons. The highest BCUT2D eigenvalue weighted by atomic mass is 15.0. The average molecular weight is 251 g/mol. The molecule has 0 amide bonds. The minimum Gasteiger partial charge on any atom is -0.373 e. The quantitative estimate of drug-likeness (QED) is 0.670. The van der Waals surface area contributed by atoms with Crippen LogP contribution in [0.15, 0.2) is 36.6 Å². The van der Waals surface area contributed by atoms with Gasteiger partial charge in [-0.1, -0.05) is 13.4 Å². The summed E-state index contributed by atoms with van der Waals surface area (Å²) in [6.07, 6.45) is 3.48. The number of hydrogen-bond donors (Lipinski definition) is 1. The molecule has 2 aromatic heterocycles. The molecule has 5 heteroatoms. The summed E-state index contributed by atoms with van der Waals surface area (Å²) in [4.78, 5) is 13.2. The van der Waals surface area contributed by atoms with Gasteiger partial charge in [-0.25, -0.2) is 9.97 Å². The fourth-order valence-electron chi connectivity index (χ4n) is 1.87. The predicted octanol–water partition coefficient (Wildman–Crippen LogP) is 2.74. The first kappa shape index (κ1) is 13.3. The van der Waals surface area contributed by atoms with Crippen LogP contribution in [0.1, 0.15) is 12.7 Å². The summed E-state index contributed by atoms with van der Waals surface area (Å²) in [7, 11) is 3.81. The number of nitrogens with zero attached hydrogens (tertiary/aromatic N) is 3. The Kier molecular flexibility index (Phi) is 3.95. The van der Waals surface area contributed by atoms with Crippen molar-refractivity contribution in [1.29, 1.82) is 0 Å². The van der Waals surface area contributed by atoms with Crippen molar-refractivity contribution in [2.45, 2.75) is 13.7 Å². The van der Waals surface area contributed by atoms with E-state index in [1.54, 1.807) is 12.4 Å². The Labute approximate surface area is 113 Å². The van der Waals surface area contributed by atoms with E-state index in [0.717, 1.165) is 27.9 Å². The second kappa shape index (κ2) is 5.65. The standard InChI is InChI=1S/C14H16BN4/c1-9(2)11(7-15-3)14-18-12-8-17-6-5-10(12)13(16-4)19-14/h5-8H,1H2,2-4H3,(H,16,18,19)/b11-7+. The van der Waals surface area contributed by atoms with Gasteiger partial charge in [0.25, 0.3) is 0 Å². The fraction of sp³-hybridized carbons (Fsp3) is 0.214. The molecule has 0 atom stereocenters. The molecule has 0 aromatic carbocycles.